The van der Waals surface area contributed by atoms with Crippen LogP contribution in [0.1, 0.15) is 57.5 Å². The van der Waals surface area contributed by atoms with Crippen molar-refractivity contribution in [1.82, 2.24) is 0 Å². The van der Waals surface area contributed by atoms with E-state index in [-0.39, 0.29) is 0 Å². The van der Waals surface area contributed by atoms with Crippen LogP contribution in [0.4, 0.5) is 0 Å². The quantitative estimate of drug-likeness (QED) is 0.469. The third kappa shape index (κ3) is 4.51. The van der Waals surface area contributed by atoms with Gasteiger partial charge in [0.25, 0.3) is 0 Å². The number of hydrogen-bond donors (Lipinski definition) is 1. The SMILES string of the molecule is CC(C)[Si](C#Cc1ccc(-c2ccc(C(=O)O)cc2)cc1)(C(C)C)C(C)C. The Balaban J connectivity index is 2.30. The summed E-state index contributed by atoms with van der Waals surface area (Å²) < 4.78 is 0. The number of carboxylic acid groups (broad SMARTS) is 1. The Morgan fingerprint density at radius 2 is 1.19 bits per heavy atom. The molecule has 0 aliphatic heterocycles. The monoisotopic (exact) mass is 378 g/mol. The van der Waals surface area contributed by atoms with E-state index in [0.29, 0.717) is 22.2 Å². The Hall–Kier alpha value is -2.31. The molecule has 2 aromatic rings. The number of benzene rings is 2. The van der Waals surface area contributed by atoms with E-state index in [1.807, 2.05) is 12.1 Å². The molecule has 0 bridgehead atoms. The van der Waals surface area contributed by atoms with Gasteiger partial charge in [-0.05, 0) is 52.0 Å². The Morgan fingerprint density at radius 3 is 1.56 bits per heavy atom. The van der Waals surface area contributed by atoms with Crippen molar-refractivity contribution in [3.63, 3.8) is 0 Å². The van der Waals surface area contributed by atoms with Crippen molar-refractivity contribution in [2.45, 2.75) is 58.2 Å². The molecule has 2 aromatic carbocycles. The second-order valence-electron chi connectivity index (χ2n) is 8.11. The van der Waals surface area contributed by atoms with Gasteiger partial charge in [-0.3, -0.25) is 0 Å². The summed E-state index contributed by atoms with van der Waals surface area (Å²) in [5.41, 5.74) is 9.04. The maximum atomic E-state index is 11.0. The molecule has 0 saturated heterocycles. The van der Waals surface area contributed by atoms with Crippen molar-refractivity contribution in [2.75, 3.05) is 0 Å². The zero-order valence-corrected chi connectivity index (χ0v) is 18.2. The summed E-state index contributed by atoms with van der Waals surface area (Å²) in [6.07, 6.45) is 0. The molecule has 142 valence electrons. The van der Waals surface area contributed by atoms with Gasteiger partial charge in [-0.2, -0.15) is 0 Å². The van der Waals surface area contributed by atoms with Crippen molar-refractivity contribution in [1.29, 1.82) is 0 Å². The van der Waals surface area contributed by atoms with Gasteiger partial charge in [-0.15, -0.1) is 5.54 Å². The molecule has 0 atom stereocenters. The first-order chi connectivity index (χ1) is 12.7. The lowest BCUT2D eigenvalue weighted by Gasteiger charge is -2.38. The van der Waals surface area contributed by atoms with Crippen molar-refractivity contribution in [2.24, 2.45) is 0 Å². The van der Waals surface area contributed by atoms with Crippen LogP contribution in [0.25, 0.3) is 11.1 Å². The van der Waals surface area contributed by atoms with E-state index >= 15 is 0 Å². The van der Waals surface area contributed by atoms with Crippen molar-refractivity contribution in [3.8, 4) is 22.6 Å². The molecule has 0 unspecified atom stereocenters. The molecule has 0 amide bonds. The highest BCUT2D eigenvalue weighted by molar-refractivity contribution is 6.90. The first kappa shape index (κ1) is 21.0. The zero-order chi connectivity index (χ0) is 20.2. The van der Waals surface area contributed by atoms with Gasteiger partial charge < -0.3 is 5.11 Å². The van der Waals surface area contributed by atoms with Gasteiger partial charge in [0.05, 0.1) is 5.56 Å². The van der Waals surface area contributed by atoms with Gasteiger partial charge in [-0.25, -0.2) is 4.79 Å². The van der Waals surface area contributed by atoms with E-state index in [1.165, 1.54) is 0 Å². The van der Waals surface area contributed by atoms with Crippen molar-refractivity contribution in [3.05, 3.63) is 59.7 Å². The average molecular weight is 379 g/mol. The lowest BCUT2D eigenvalue weighted by molar-refractivity contribution is 0.0697. The molecule has 0 aliphatic carbocycles. The van der Waals surface area contributed by atoms with Crippen LogP contribution in [0.2, 0.25) is 16.6 Å². The topological polar surface area (TPSA) is 37.3 Å². The first-order valence-corrected chi connectivity index (χ1v) is 11.9. The van der Waals surface area contributed by atoms with Crippen LogP contribution in [-0.4, -0.2) is 19.1 Å². The van der Waals surface area contributed by atoms with E-state index in [1.54, 1.807) is 12.1 Å². The molecule has 0 aliphatic rings. The van der Waals surface area contributed by atoms with E-state index in [9.17, 15) is 4.79 Å². The number of hydrogen-bond acceptors (Lipinski definition) is 1. The highest BCUT2D eigenvalue weighted by atomic mass is 28.3. The van der Waals surface area contributed by atoms with Crippen LogP contribution in [-0.2, 0) is 0 Å². The summed E-state index contributed by atoms with van der Waals surface area (Å²) in [5.74, 6) is 2.56. The number of rotatable bonds is 5. The summed E-state index contributed by atoms with van der Waals surface area (Å²) in [4.78, 5) is 11.0. The smallest absolute Gasteiger partial charge is 0.335 e. The lowest BCUT2D eigenvalue weighted by atomic mass is 10.0. The Kier molecular flexibility index (Phi) is 6.67. The Labute approximate surface area is 164 Å². The van der Waals surface area contributed by atoms with E-state index in [4.69, 9.17) is 5.11 Å². The minimum atomic E-state index is -1.72. The zero-order valence-electron chi connectivity index (χ0n) is 17.2. The number of aromatic carboxylic acids is 1. The van der Waals surface area contributed by atoms with Gasteiger partial charge in [0.15, 0.2) is 0 Å². The predicted octanol–water partition coefficient (Wildman–Crippen LogP) is 6.62. The molecule has 2 nitrogen and oxygen atoms in total. The fourth-order valence-electron chi connectivity index (χ4n) is 4.16. The van der Waals surface area contributed by atoms with E-state index in [0.717, 1.165) is 16.7 Å². The summed E-state index contributed by atoms with van der Waals surface area (Å²) in [5, 5.41) is 9.01. The van der Waals surface area contributed by atoms with Gasteiger partial charge in [0, 0.05) is 5.56 Å². The minimum absolute atomic E-state index is 0.304. The minimum Gasteiger partial charge on any atom is -0.478 e. The molecule has 0 radical (unpaired) electrons. The van der Waals surface area contributed by atoms with Crippen molar-refractivity contribution >= 4 is 14.0 Å². The first-order valence-electron chi connectivity index (χ1n) is 9.65. The third-order valence-corrected chi connectivity index (χ3v) is 11.9. The van der Waals surface area contributed by atoms with Crippen LogP contribution in [0.3, 0.4) is 0 Å². The summed E-state index contributed by atoms with van der Waals surface area (Å²) in [6, 6.07) is 15.2. The Morgan fingerprint density at radius 1 is 0.778 bits per heavy atom. The maximum absolute atomic E-state index is 11.0. The lowest BCUT2D eigenvalue weighted by Crippen LogP contribution is -2.43. The fraction of sp³-hybridized carbons (Fsp3) is 0.375. The summed E-state index contributed by atoms with van der Waals surface area (Å²) in [7, 11) is -1.72. The van der Waals surface area contributed by atoms with E-state index in [2.05, 4.69) is 77.3 Å². The highest BCUT2D eigenvalue weighted by Crippen LogP contribution is 2.40. The largest absolute Gasteiger partial charge is 0.478 e. The molecule has 27 heavy (non-hydrogen) atoms. The van der Waals surface area contributed by atoms with Crippen LogP contribution in [0.5, 0.6) is 0 Å². The highest BCUT2D eigenvalue weighted by Gasteiger charge is 2.41. The molecule has 0 spiro atoms. The summed E-state index contributed by atoms with van der Waals surface area (Å²) in [6.45, 7) is 13.9. The Bertz CT molecular complexity index is 813. The maximum Gasteiger partial charge on any atom is 0.335 e. The fourth-order valence-corrected chi connectivity index (χ4v) is 9.39. The van der Waals surface area contributed by atoms with Gasteiger partial charge in [0.1, 0.15) is 8.07 Å². The van der Waals surface area contributed by atoms with E-state index < -0.39 is 14.0 Å². The second kappa shape index (κ2) is 8.58. The molecule has 0 aromatic heterocycles. The predicted molar refractivity (Wildman–Crippen MR) is 117 cm³/mol. The molecular formula is C24H30O2Si. The number of carbonyl (C=O) groups is 1. The third-order valence-electron chi connectivity index (χ3n) is 5.64. The van der Waals surface area contributed by atoms with Gasteiger partial charge in [0.2, 0.25) is 0 Å². The molecule has 0 heterocycles. The molecular weight excluding hydrogens is 348 g/mol. The van der Waals surface area contributed by atoms with Crippen LogP contribution in [0.15, 0.2) is 48.5 Å². The number of carboxylic acids is 1. The van der Waals surface area contributed by atoms with Crippen LogP contribution < -0.4 is 0 Å². The molecule has 2 rings (SSSR count). The molecule has 1 N–H and O–H groups in total. The van der Waals surface area contributed by atoms with Crippen LogP contribution >= 0.6 is 0 Å². The summed E-state index contributed by atoms with van der Waals surface area (Å²) >= 11 is 0. The standard InChI is InChI=1S/C24H30O2Si/c1-17(2)27(18(3)4,19(5)6)16-15-20-7-9-21(10-8-20)22-11-13-23(14-12-22)24(25)26/h7-14,17-19H,1-6H3,(H,25,26). The van der Waals surface area contributed by atoms with Crippen molar-refractivity contribution < 1.29 is 9.90 Å². The van der Waals surface area contributed by atoms with Crippen LogP contribution in [0, 0.1) is 11.5 Å². The molecule has 0 fully saturated rings. The molecule has 3 heteroatoms. The second-order valence-corrected chi connectivity index (χ2v) is 13.7. The van der Waals surface area contributed by atoms with Gasteiger partial charge >= 0.3 is 5.97 Å². The average Bonchev–Trinajstić information content (AvgIpc) is 2.62. The normalized spacial score (nSPS) is 11.6. The van der Waals surface area contributed by atoms with Gasteiger partial charge in [-0.1, -0.05) is 71.7 Å². The molecule has 0 saturated carbocycles.